The zero-order valence-electron chi connectivity index (χ0n) is 10.4. The molecule has 102 valence electrons. The van der Waals surface area contributed by atoms with Crippen LogP contribution >= 0.6 is 24.0 Å². The van der Waals surface area contributed by atoms with Crippen LogP contribution in [-0.4, -0.2) is 21.4 Å². The van der Waals surface area contributed by atoms with Gasteiger partial charge < -0.3 is 10.4 Å². The molecule has 1 amide bonds. The predicted octanol–water partition coefficient (Wildman–Crippen LogP) is 2.13. The number of allylic oxidation sites excluding steroid dienone is 1. The number of thiocarbonyl (C=S) groups is 1. The summed E-state index contributed by atoms with van der Waals surface area (Å²) in [6.45, 7) is 0. The number of phenols is 1. The van der Waals surface area contributed by atoms with Crippen LogP contribution in [0.4, 0.5) is 0 Å². The summed E-state index contributed by atoms with van der Waals surface area (Å²) in [5, 5.41) is 15.3. The van der Waals surface area contributed by atoms with E-state index in [1.165, 1.54) is 0 Å². The summed E-state index contributed by atoms with van der Waals surface area (Å²) < 4.78 is 0. The smallest absolute Gasteiger partial charge is 0.273 e. The molecule has 0 spiro atoms. The third kappa shape index (κ3) is 2.71. The van der Waals surface area contributed by atoms with Crippen molar-refractivity contribution < 1.29 is 9.90 Å². The zero-order valence-corrected chi connectivity index (χ0v) is 12.1. The lowest BCUT2D eigenvalue weighted by atomic mass is 10.1. The molecule has 3 rings (SSSR count). The summed E-state index contributed by atoms with van der Waals surface area (Å²) in [6, 6.07) is 7.12. The van der Waals surface area contributed by atoms with Gasteiger partial charge in [0.05, 0.1) is 0 Å². The van der Waals surface area contributed by atoms with E-state index in [1.807, 2.05) is 18.2 Å². The van der Waals surface area contributed by atoms with Gasteiger partial charge in [0.15, 0.2) is 5.11 Å². The van der Waals surface area contributed by atoms with Gasteiger partial charge in [0.2, 0.25) is 0 Å². The summed E-state index contributed by atoms with van der Waals surface area (Å²) in [4.78, 5) is 12.7. The SMILES string of the molecule is O=C1NC(=S)N/C1=C/C1CC=C(c2ccc(O)cc2)S1. The van der Waals surface area contributed by atoms with E-state index in [2.05, 4.69) is 16.7 Å². The van der Waals surface area contributed by atoms with E-state index in [4.69, 9.17) is 12.2 Å². The van der Waals surface area contributed by atoms with E-state index in [-0.39, 0.29) is 16.9 Å². The largest absolute Gasteiger partial charge is 0.508 e. The van der Waals surface area contributed by atoms with Crippen LogP contribution in [0.25, 0.3) is 4.91 Å². The lowest BCUT2D eigenvalue weighted by molar-refractivity contribution is -0.115. The summed E-state index contributed by atoms with van der Waals surface area (Å²) in [5.74, 6) is 0.0880. The third-order valence-electron chi connectivity index (χ3n) is 3.04. The first-order valence-corrected chi connectivity index (χ1v) is 7.41. The van der Waals surface area contributed by atoms with E-state index in [0.29, 0.717) is 10.8 Å². The Morgan fingerprint density at radius 3 is 2.70 bits per heavy atom. The minimum Gasteiger partial charge on any atom is -0.508 e. The molecule has 1 unspecified atom stereocenters. The fraction of sp³-hybridized carbons (Fsp3) is 0.143. The topological polar surface area (TPSA) is 61.4 Å². The average Bonchev–Trinajstić information content (AvgIpc) is 2.98. The molecule has 20 heavy (non-hydrogen) atoms. The second-order valence-corrected chi connectivity index (χ2v) is 6.19. The van der Waals surface area contributed by atoms with Crippen molar-refractivity contribution >= 4 is 39.9 Å². The van der Waals surface area contributed by atoms with Crippen molar-refractivity contribution in [3.8, 4) is 5.75 Å². The van der Waals surface area contributed by atoms with Crippen molar-refractivity contribution in [2.75, 3.05) is 0 Å². The summed E-state index contributed by atoms with van der Waals surface area (Å²) >= 11 is 6.60. The number of hydrogen-bond acceptors (Lipinski definition) is 4. The summed E-state index contributed by atoms with van der Waals surface area (Å²) in [5.41, 5.74) is 1.60. The molecule has 3 N–H and O–H groups in total. The van der Waals surface area contributed by atoms with Gasteiger partial charge in [-0.2, -0.15) is 0 Å². The number of hydrogen-bond donors (Lipinski definition) is 3. The fourth-order valence-electron chi connectivity index (χ4n) is 2.08. The van der Waals surface area contributed by atoms with Crippen molar-refractivity contribution in [2.45, 2.75) is 11.7 Å². The number of carbonyl (C=O) groups is 1. The average molecular weight is 304 g/mol. The van der Waals surface area contributed by atoms with Crippen LogP contribution in [-0.2, 0) is 4.79 Å². The Balaban J connectivity index is 1.70. The maximum atomic E-state index is 11.6. The molecule has 6 heteroatoms. The standard InChI is InChI=1S/C14H12N2O2S2/c17-9-3-1-8(2-4-9)12-6-5-10(20-12)7-11-13(18)16-14(19)15-11/h1-4,6-7,10,17H,5H2,(H2,15,16,18,19)/b11-7+. The van der Waals surface area contributed by atoms with Crippen LogP contribution in [0, 0.1) is 0 Å². The second-order valence-electron chi connectivity index (χ2n) is 4.50. The van der Waals surface area contributed by atoms with E-state index < -0.39 is 0 Å². The van der Waals surface area contributed by atoms with Crippen LogP contribution in [0.5, 0.6) is 5.75 Å². The molecular formula is C14H12N2O2S2. The number of amides is 1. The zero-order chi connectivity index (χ0) is 14.1. The molecule has 1 atom stereocenters. The maximum Gasteiger partial charge on any atom is 0.273 e. The number of carbonyl (C=O) groups excluding carboxylic acids is 1. The van der Waals surface area contributed by atoms with Gasteiger partial charge in [-0.1, -0.05) is 18.2 Å². The van der Waals surface area contributed by atoms with Gasteiger partial charge in [0, 0.05) is 10.2 Å². The second kappa shape index (κ2) is 5.30. The molecule has 2 heterocycles. The van der Waals surface area contributed by atoms with Crippen LogP contribution in [0.2, 0.25) is 0 Å². The van der Waals surface area contributed by atoms with Crippen molar-refractivity contribution in [2.24, 2.45) is 0 Å². The molecule has 1 aromatic carbocycles. The Labute approximate surface area is 125 Å². The molecule has 2 aliphatic heterocycles. The number of nitrogens with one attached hydrogen (secondary N) is 2. The Hall–Kier alpha value is -1.79. The quantitative estimate of drug-likeness (QED) is 0.577. The van der Waals surface area contributed by atoms with Gasteiger partial charge in [0.25, 0.3) is 5.91 Å². The Morgan fingerprint density at radius 1 is 1.30 bits per heavy atom. The Bertz CT molecular complexity index is 635. The van der Waals surface area contributed by atoms with Gasteiger partial charge in [0.1, 0.15) is 11.4 Å². The Kier molecular flexibility index (Phi) is 3.50. The van der Waals surface area contributed by atoms with Crippen molar-refractivity contribution in [1.29, 1.82) is 0 Å². The van der Waals surface area contributed by atoms with E-state index in [0.717, 1.165) is 16.9 Å². The minimum absolute atomic E-state index is 0.173. The molecule has 0 bridgehead atoms. The molecule has 4 nitrogen and oxygen atoms in total. The highest BCUT2D eigenvalue weighted by Gasteiger charge is 2.24. The highest BCUT2D eigenvalue weighted by molar-refractivity contribution is 8.09. The first-order chi connectivity index (χ1) is 9.61. The number of aromatic hydroxyl groups is 1. The molecule has 1 saturated heterocycles. The molecule has 0 saturated carbocycles. The van der Waals surface area contributed by atoms with Crippen LogP contribution in [0.3, 0.4) is 0 Å². The predicted molar refractivity (Wildman–Crippen MR) is 84.0 cm³/mol. The normalized spacial score (nSPS) is 23.7. The van der Waals surface area contributed by atoms with Crippen LogP contribution in [0.1, 0.15) is 12.0 Å². The van der Waals surface area contributed by atoms with Crippen molar-refractivity contribution in [1.82, 2.24) is 10.6 Å². The van der Waals surface area contributed by atoms with E-state index >= 15 is 0 Å². The minimum atomic E-state index is -0.173. The van der Waals surface area contributed by atoms with Gasteiger partial charge in [-0.3, -0.25) is 10.1 Å². The highest BCUT2D eigenvalue weighted by atomic mass is 32.2. The van der Waals surface area contributed by atoms with Gasteiger partial charge >= 0.3 is 0 Å². The van der Waals surface area contributed by atoms with E-state index in [1.54, 1.807) is 23.9 Å². The van der Waals surface area contributed by atoms with Crippen molar-refractivity contribution in [3.05, 3.63) is 47.7 Å². The summed E-state index contributed by atoms with van der Waals surface area (Å²) in [7, 11) is 0. The maximum absolute atomic E-state index is 11.6. The van der Waals surface area contributed by atoms with Gasteiger partial charge in [-0.15, -0.1) is 11.8 Å². The van der Waals surface area contributed by atoms with Gasteiger partial charge in [-0.05, 0) is 42.4 Å². The van der Waals surface area contributed by atoms with Crippen LogP contribution in [0.15, 0.2) is 42.1 Å². The van der Waals surface area contributed by atoms with Crippen molar-refractivity contribution in [3.63, 3.8) is 0 Å². The number of thioether (sulfide) groups is 1. The molecule has 2 aliphatic rings. The number of rotatable bonds is 2. The fourth-order valence-corrected chi connectivity index (χ4v) is 3.47. The molecule has 0 aromatic heterocycles. The molecule has 0 radical (unpaired) electrons. The number of phenolic OH excluding ortho intramolecular Hbond substituents is 1. The third-order valence-corrected chi connectivity index (χ3v) is 4.53. The molecule has 1 fully saturated rings. The molecule has 1 aromatic rings. The molecular weight excluding hydrogens is 292 g/mol. The monoisotopic (exact) mass is 304 g/mol. The van der Waals surface area contributed by atoms with E-state index in [9.17, 15) is 9.90 Å². The summed E-state index contributed by atoms with van der Waals surface area (Å²) in [6.07, 6.45) is 4.92. The van der Waals surface area contributed by atoms with Crippen LogP contribution < -0.4 is 10.6 Å². The first-order valence-electron chi connectivity index (χ1n) is 6.12. The lowest BCUT2D eigenvalue weighted by Crippen LogP contribution is -2.21. The molecule has 0 aliphatic carbocycles. The first kappa shape index (κ1) is 13.2. The highest BCUT2D eigenvalue weighted by Crippen LogP contribution is 2.40. The number of benzene rings is 1. The lowest BCUT2D eigenvalue weighted by Gasteiger charge is -2.06. The Morgan fingerprint density at radius 2 is 2.05 bits per heavy atom. The van der Waals surface area contributed by atoms with Gasteiger partial charge in [-0.25, -0.2) is 0 Å².